The Labute approximate surface area is 161 Å². The van der Waals surface area contributed by atoms with Gasteiger partial charge in [-0.15, -0.1) is 0 Å². The molecule has 1 aliphatic heterocycles. The molecule has 3 rings (SSSR count). The third-order valence-corrected chi connectivity index (χ3v) is 4.39. The second kappa shape index (κ2) is 7.51. The molecule has 3 amide bonds. The number of nitrogens with one attached hydrogen (secondary N) is 2. The zero-order valence-corrected chi connectivity index (χ0v) is 15.4. The van der Waals surface area contributed by atoms with Crippen LogP contribution in [0, 0.1) is 6.92 Å². The fourth-order valence-corrected chi connectivity index (χ4v) is 3.04. The third kappa shape index (κ3) is 3.85. The lowest BCUT2D eigenvalue weighted by Crippen LogP contribution is -2.35. The van der Waals surface area contributed by atoms with Crippen LogP contribution in [0.4, 0.5) is 17.1 Å². The molecule has 1 unspecified atom stereocenters. The minimum Gasteiger partial charge on any atom is -0.478 e. The number of hydrogen-bond donors (Lipinski definition) is 3. The summed E-state index contributed by atoms with van der Waals surface area (Å²) in [6.45, 7) is 3.12. The van der Waals surface area contributed by atoms with Crippen molar-refractivity contribution in [2.75, 3.05) is 15.5 Å². The summed E-state index contributed by atoms with van der Waals surface area (Å²) in [4.78, 5) is 48.6. The molecule has 8 heteroatoms. The molecule has 1 aliphatic rings. The minimum absolute atomic E-state index is 0.00571. The molecule has 144 valence electrons. The van der Waals surface area contributed by atoms with Crippen molar-refractivity contribution in [3.05, 3.63) is 53.6 Å². The van der Waals surface area contributed by atoms with E-state index in [1.807, 2.05) is 0 Å². The van der Waals surface area contributed by atoms with E-state index in [9.17, 15) is 24.3 Å². The number of carbonyl (C=O) groups is 4. The number of imide groups is 1. The van der Waals surface area contributed by atoms with E-state index >= 15 is 0 Å². The number of carboxylic acid groups (broad SMARTS) is 1. The van der Waals surface area contributed by atoms with Gasteiger partial charge < -0.3 is 15.7 Å². The number of hydrogen-bond acceptors (Lipinski definition) is 5. The summed E-state index contributed by atoms with van der Waals surface area (Å²) >= 11 is 0. The molecule has 1 fully saturated rings. The molecule has 0 radical (unpaired) electrons. The largest absolute Gasteiger partial charge is 0.478 e. The number of aromatic carboxylic acids is 1. The Kier molecular flexibility index (Phi) is 5.12. The first-order valence-corrected chi connectivity index (χ1v) is 8.61. The van der Waals surface area contributed by atoms with Crippen LogP contribution in [0.15, 0.2) is 42.5 Å². The number of amides is 3. The van der Waals surface area contributed by atoms with E-state index in [-0.39, 0.29) is 23.6 Å². The first-order chi connectivity index (χ1) is 13.3. The minimum atomic E-state index is -1.13. The van der Waals surface area contributed by atoms with Crippen molar-refractivity contribution in [3.8, 4) is 0 Å². The first kappa shape index (κ1) is 19.1. The van der Waals surface area contributed by atoms with Crippen LogP contribution in [0.1, 0.15) is 29.3 Å². The predicted octanol–water partition coefficient (Wildman–Crippen LogP) is 2.40. The molecule has 1 atom stereocenters. The van der Waals surface area contributed by atoms with Crippen molar-refractivity contribution in [1.82, 2.24) is 0 Å². The third-order valence-electron chi connectivity index (χ3n) is 4.39. The van der Waals surface area contributed by atoms with Gasteiger partial charge in [-0.25, -0.2) is 9.69 Å². The van der Waals surface area contributed by atoms with Gasteiger partial charge in [0, 0.05) is 18.3 Å². The van der Waals surface area contributed by atoms with E-state index in [1.165, 1.54) is 19.1 Å². The van der Waals surface area contributed by atoms with E-state index in [0.717, 1.165) is 4.90 Å². The predicted molar refractivity (Wildman–Crippen MR) is 103 cm³/mol. The highest BCUT2D eigenvalue weighted by atomic mass is 16.4. The fourth-order valence-electron chi connectivity index (χ4n) is 3.04. The number of anilines is 3. The van der Waals surface area contributed by atoms with Crippen LogP contribution in [-0.4, -0.2) is 34.8 Å². The number of carbonyl (C=O) groups excluding carboxylic acids is 3. The van der Waals surface area contributed by atoms with Crippen LogP contribution >= 0.6 is 0 Å². The summed E-state index contributed by atoms with van der Waals surface area (Å²) in [6.07, 6.45) is -0.0387. The van der Waals surface area contributed by atoms with Gasteiger partial charge in [-0.1, -0.05) is 6.07 Å². The highest BCUT2D eigenvalue weighted by Crippen LogP contribution is 2.29. The number of nitrogens with zero attached hydrogens (tertiary/aromatic N) is 1. The lowest BCUT2D eigenvalue weighted by Gasteiger charge is -2.18. The molecule has 0 aromatic heterocycles. The number of rotatable bonds is 5. The van der Waals surface area contributed by atoms with Crippen LogP contribution in [0.5, 0.6) is 0 Å². The molecule has 0 saturated carbocycles. The lowest BCUT2D eigenvalue weighted by atomic mass is 10.1. The Bertz CT molecular complexity index is 968. The van der Waals surface area contributed by atoms with Gasteiger partial charge in [0.15, 0.2) is 0 Å². The van der Waals surface area contributed by atoms with E-state index in [4.69, 9.17) is 0 Å². The van der Waals surface area contributed by atoms with Gasteiger partial charge in [-0.05, 0) is 48.9 Å². The van der Waals surface area contributed by atoms with Crippen molar-refractivity contribution >= 4 is 40.8 Å². The topological polar surface area (TPSA) is 116 Å². The van der Waals surface area contributed by atoms with E-state index < -0.39 is 23.8 Å². The maximum Gasteiger partial charge on any atom is 0.335 e. The molecule has 0 aliphatic carbocycles. The summed E-state index contributed by atoms with van der Waals surface area (Å²) in [5.74, 6) is -2.16. The van der Waals surface area contributed by atoms with Gasteiger partial charge >= 0.3 is 5.97 Å². The Morgan fingerprint density at radius 2 is 1.71 bits per heavy atom. The van der Waals surface area contributed by atoms with Crippen LogP contribution in [0.3, 0.4) is 0 Å². The maximum absolute atomic E-state index is 12.8. The Morgan fingerprint density at radius 1 is 1.07 bits per heavy atom. The van der Waals surface area contributed by atoms with Crippen molar-refractivity contribution in [3.63, 3.8) is 0 Å². The monoisotopic (exact) mass is 381 g/mol. The number of benzene rings is 2. The SMILES string of the molecule is CC(=O)Nc1ccc(NC2CC(=O)N(c3cc(C(=O)O)ccc3C)C2=O)cc1. The fraction of sp³-hybridized carbons (Fsp3) is 0.200. The average Bonchev–Trinajstić information content (AvgIpc) is 2.90. The maximum atomic E-state index is 12.8. The van der Waals surface area contributed by atoms with E-state index in [0.29, 0.717) is 16.9 Å². The van der Waals surface area contributed by atoms with Gasteiger partial charge in [0.1, 0.15) is 6.04 Å². The first-order valence-electron chi connectivity index (χ1n) is 8.61. The van der Waals surface area contributed by atoms with Crippen molar-refractivity contribution in [1.29, 1.82) is 0 Å². The Morgan fingerprint density at radius 3 is 2.32 bits per heavy atom. The lowest BCUT2D eigenvalue weighted by molar-refractivity contribution is -0.121. The highest BCUT2D eigenvalue weighted by molar-refractivity contribution is 6.23. The molecular formula is C20H19N3O5. The quantitative estimate of drug-likeness (QED) is 0.685. The smallest absolute Gasteiger partial charge is 0.335 e. The molecule has 2 aromatic carbocycles. The molecule has 28 heavy (non-hydrogen) atoms. The van der Waals surface area contributed by atoms with Crippen LogP contribution in [-0.2, 0) is 14.4 Å². The normalized spacial score (nSPS) is 16.2. The van der Waals surface area contributed by atoms with Crippen LogP contribution in [0.2, 0.25) is 0 Å². The summed E-state index contributed by atoms with van der Waals surface area (Å²) in [7, 11) is 0. The van der Waals surface area contributed by atoms with Crippen molar-refractivity contribution in [2.45, 2.75) is 26.3 Å². The second-order valence-electron chi connectivity index (χ2n) is 6.53. The van der Waals surface area contributed by atoms with E-state index in [2.05, 4.69) is 10.6 Å². The van der Waals surface area contributed by atoms with Gasteiger partial charge in [0.25, 0.3) is 5.91 Å². The van der Waals surface area contributed by atoms with Crippen LogP contribution in [0.25, 0.3) is 0 Å². The molecule has 2 aromatic rings. The molecule has 0 spiro atoms. The van der Waals surface area contributed by atoms with Gasteiger partial charge in [-0.2, -0.15) is 0 Å². The molecule has 8 nitrogen and oxygen atoms in total. The van der Waals surface area contributed by atoms with E-state index in [1.54, 1.807) is 37.3 Å². The standard InChI is InChI=1S/C20H19N3O5/c1-11-3-4-13(20(27)28)9-17(11)23-18(25)10-16(19(23)26)22-15-7-5-14(6-8-15)21-12(2)24/h3-9,16,22H,10H2,1-2H3,(H,21,24)(H,27,28). The van der Waals surface area contributed by atoms with Gasteiger partial charge in [-0.3, -0.25) is 14.4 Å². The highest BCUT2D eigenvalue weighted by Gasteiger charge is 2.40. The molecule has 1 heterocycles. The number of aryl methyl sites for hydroxylation is 1. The summed E-state index contributed by atoms with van der Waals surface area (Å²) in [6, 6.07) is 10.3. The summed E-state index contributed by atoms with van der Waals surface area (Å²) in [5.41, 5.74) is 2.16. The molecule has 1 saturated heterocycles. The molecule has 0 bridgehead atoms. The molecular weight excluding hydrogens is 362 g/mol. The van der Waals surface area contributed by atoms with Crippen molar-refractivity contribution in [2.24, 2.45) is 0 Å². The summed E-state index contributed by atoms with van der Waals surface area (Å²) < 4.78 is 0. The Hall–Kier alpha value is -3.68. The van der Waals surface area contributed by atoms with Crippen molar-refractivity contribution < 1.29 is 24.3 Å². The zero-order valence-electron chi connectivity index (χ0n) is 15.4. The van der Waals surface area contributed by atoms with Gasteiger partial charge in [0.2, 0.25) is 11.8 Å². The summed E-state index contributed by atoms with van der Waals surface area (Å²) in [5, 5.41) is 14.8. The van der Waals surface area contributed by atoms with Gasteiger partial charge in [0.05, 0.1) is 17.7 Å². The zero-order chi connectivity index (χ0) is 20.4. The molecule has 3 N–H and O–H groups in total. The van der Waals surface area contributed by atoms with Crippen LogP contribution < -0.4 is 15.5 Å². The number of carboxylic acids is 1. The Balaban J connectivity index is 1.79. The second-order valence-corrected chi connectivity index (χ2v) is 6.53. The average molecular weight is 381 g/mol.